The van der Waals surface area contributed by atoms with E-state index in [1.165, 1.54) is 0 Å². The molecule has 0 spiro atoms. The lowest BCUT2D eigenvalue weighted by Crippen LogP contribution is -2.20. The molecule has 0 radical (unpaired) electrons. The number of benzene rings is 1. The van der Waals surface area contributed by atoms with E-state index in [9.17, 15) is 9.59 Å². The number of hydrogen-bond donors (Lipinski definition) is 3. The normalized spacial score (nSPS) is 11.9. The van der Waals surface area contributed by atoms with Crippen LogP contribution < -0.4 is 11.1 Å². The van der Waals surface area contributed by atoms with Crippen molar-refractivity contribution in [2.75, 3.05) is 11.9 Å². The molecule has 0 fully saturated rings. The van der Waals surface area contributed by atoms with Gasteiger partial charge in [0.25, 0.3) is 0 Å². The fourth-order valence-electron chi connectivity index (χ4n) is 1.49. The van der Waals surface area contributed by atoms with Crippen molar-refractivity contribution in [3.8, 4) is 0 Å². The number of carbonyl (C=O) groups is 2. The molecule has 1 amide bonds. The Balaban J connectivity index is 2.53. The van der Waals surface area contributed by atoms with Gasteiger partial charge in [-0.25, -0.2) is 0 Å². The largest absolute Gasteiger partial charge is 0.481 e. The van der Waals surface area contributed by atoms with Crippen LogP contribution in [0, 0.1) is 5.92 Å². The Kier molecular flexibility index (Phi) is 5.32. The Morgan fingerprint density at radius 3 is 2.44 bits per heavy atom. The molecule has 0 saturated heterocycles. The van der Waals surface area contributed by atoms with E-state index in [0.717, 1.165) is 0 Å². The second-order valence-corrected chi connectivity index (χ2v) is 4.36. The molecule has 0 aliphatic rings. The van der Waals surface area contributed by atoms with E-state index in [1.54, 1.807) is 24.3 Å². The van der Waals surface area contributed by atoms with E-state index in [4.69, 9.17) is 10.8 Å². The van der Waals surface area contributed by atoms with Crippen LogP contribution in [-0.2, 0) is 16.0 Å². The average molecular weight is 250 g/mol. The van der Waals surface area contributed by atoms with Gasteiger partial charge in [0.05, 0.1) is 6.42 Å². The molecule has 4 N–H and O–H groups in total. The fourth-order valence-corrected chi connectivity index (χ4v) is 1.49. The van der Waals surface area contributed by atoms with Crippen molar-refractivity contribution in [2.45, 2.75) is 19.8 Å². The molecule has 1 aromatic rings. The molecule has 0 aliphatic carbocycles. The Hall–Kier alpha value is -1.88. The third kappa shape index (κ3) is 4.97. The lowest BCUT2D eigenvalue weighted by atomic mass is 10.1. The molecule has 1 atom stereocenters. The summed E-state index contributed by atoms with van der Waals surface area (Å²) in [5.74, 6) is -0.807. The Bertz CT molecular complexity index is 415. The summed E-state index contributed by atoms with van der Waals surface area (Å²) in [4.78, 5) is 22.1. The van der Waals surface area contributed by atoms with E-state index >= 15 is 0 Å². The number of hydrogen-bond acceptors (Lipinski definition) is 3. The summed E-state index contributed by atoms with van der Waals surface area (Å²) in [6.07, 6.45) is 0.367. The van der Waals surface area contributed by atoms with Gasteiger partial charge in [-0.05, 0) is 30.2 Å². The maximum Gasteiger partial charge on any atom is 0.307 e. The minimum Gasteiger partial charge on any atom is -0.481 e. The third-order valence-corrected chi connectivity index (χ3v) is 2.53. The SMILES string of the molecule is CC(CN)CC(=O)Nc1ccc(CC(=O)O)cc1. The highest BCUT2D eigenvalue weighted by Crippen LogP contribution is 2.11. The second kappa shape index (κ2) is 6.76. The van der Waals surface area contributed by atoms with Crippen LogP contribution in [0.4, 0.5) is 5.69 Å². The van der Waals surface area contributed by atoms with Gasteiger partial charge in [0.1, 0.15) is 0 Å². The first-order valence-electron chi connectivity index (χ1n) is 5.82. The highest BCUT2D eigenvalue weighted by molar-refractivity contribution is 5.90. The highest BCUT2D eigenvalue weighted by atomic mass is 16.4. The zero-order chi connectivity index (χ0) is 13.5. The van der Waals surface area contributed by atoms with Crippen LogP contribution in [0.3, 0.4) is 0 Å². The van der Waals surface area contributed by atoms with E-state index in [2.05, 4.69) is 5.32 Å². The van der Waals surface area contributed by atoms with Crippen LogP contribution >= 0.6 is 0 Å². The smallest absolute Gasteiger partial charge is 0.307 e. The zero-order valence-corrected chi connectivity index (χ0v) is 10.3. The predicted octanol–water partition coefficient (Wildman–Crippen LogP) is 1.24. The molecule has 18 heavy (non-hydrogen) atoms. The molecular weight excluding hydrogens is 232 g/mol. The van der Waals surface area contributed by atoms with Crippen LogP contribution in [0.2, 0.25) is 0 Å². The van der Waals surface area contributed by atoms with Crippen molar-refractivity contribution >= 4 is 17.6 Å². The first-order chi connectivity index (χ1) is 8.51. The molecule has 0 aromatic heterocycles. The van der Waals surface area contributed by atoms with Gasteiger partial charge in [-0.3, -0.25) is 9.59 Å². The number of carboxylic acid groups (broad SMARTS) is 1. The van der Waals surface area contributed by atoms with Gasteiger partial charge >= 0.3 is 5.97 Å². The molecule has 0 bridgehead atoms. The molecule has 1 unspecified atom stereocenters. The molecule has 5 heteroatoms. The number of aliphatic carboxylic acids is 1. The molecule has 0 heterocycles. The topological polar surface area (TPSA) is 92.4 Å². The van der Waals surface area contributed by atoms with Crippen LogP contribution in [0.15, 0.2) is 24.3 Å². The second-order valence-electron chi connectivity index (χ2n) is 4.36. The number of amides is 1. The summed E-state index contributed by atoms with van der Waals surface area (Å²) in [5, 5.41) is 11.4. The average Bonchev–Trinajstić information content (AvgIpc) is 2.30. The lowest BCUT2D eigenvalue weighted by molar-refractivity contribution is -0.136. The van der Waals surface area contributed by atoms with Crippen molar-refractivity contribution in [3.05, 3.63) is 29.8 Å². The van der Waals surface area contributed by atoms with E-state index < -0.39 is 5.97 Å². The number of anilines is 1. The van der Waals surface area contributed by atoms with Gasteiger partial charge in [0, 0.05) is 12.1 Å². The van der Waals surface area contributed by atoms with Crippen molar-refractivity contribution in [1.29, 1.82) is 0 Å². The lowest BCUT2D eigenvalue weighted by Gasteiger charge is -2.09. The number of rotatable bonds is 6. The van der Waals surface area contributed by atoms with Crippen molar-refractivity contribution in [2.24, 2.45) is 11.7 Å². The summed E-state index contributed by atoms with van der Waals surface area (Å²) in [7, 11) is 0. The van der Waals surface area contributed by atoms with Gasteiger partial charge in [-0.15, -0.1) is 0 Å². The number of carboxylic acids is 1. The number of nitrogens with two attached hydrogens (primary N) is 1. The maximum atomic E-state index is 11.6. The quantitative estimate of drug-likeness (QED) is 0.708. The van der Waals surface area contributed by atoms with Gasteiger partial charge < -0.3 is 16.2 Å². The van der Waals surface area contributed by atoms with Gasteiger partial charge in [-0.1, -0.05) is 19.1 Å². The number of nitrogens with one attached hydrogen (secondary N) is 1. The first kappa shape index (κ1) is 14.2. The van der Waals surface area contributed by atoms with Crippen LogP contribution in [0.5, 0.6) is 0 Å². The summed E-state index contributed by atoms with van der Waals surface area (Å²) in [6.45, 7) is 2.39. The molecular formula is C13H18N2O3. The minimum absolute atomic E-state index is 0.0154. The van der Waals surface area contributed by atoms with Crippen molar-refractivity contribution < 1.29 is 14.7 Å². The molecule has 1 rings (SSSR count). The predicted molar refractivity (Wildman–Crippen MR) is 69.2 cm³/mol. The molecule has 5 nitrogen and oxygen atoms in total. The van der Waals surface area contributed by atoms with Crippen LogP contribution in [0.1, 0.15) is 18.9 Å². The number of carbonyl (C=O) groups excluding carboxylic acids is 1. The minimum atomic E-state index is -0.872. The highest BCUT2D eigenvalue weighted by Gasteiger charge is 2.08. The Labute approximate surface area is 106 Å². The standard InChI is InChI=1S/C13H18N2O3/c1-9(8-14)6-12(16)15-11-4-2-10(3-5-11)7-13(17)18/h2-5,9H,6-8,14H2,1H3,(H,15,16)(H,17,18). The van der Waals surface area contributed by atoms with Crippen LogP contribution in [-0.4, -0.2) is 23.5 Å². The summed E-state index contributed by atoms with van der Waals surface area (Å²) < 4.78 is 0. The summed E-state index contributed by atoms with van der Waals surface area (Å²) in [6, 6.07) is 6.78. The fraction of sp³-hybridized carbons (Fsp3) is 0.385. The van der Waals surface area contributed by atoms with E-state index in [0.29, 0.717) is 24.2 Å². The van der Waals surface area contributed by atoms with Crippen molar-refractivity contribution in [3.63, 3.8) is 0 Å². The third-order valence-electron chi connectivity index (χ3n) is 2.53. The Morgan fingerprint density at radius 1 is 1.33 bits per heavy atom. The van der Waals surface area contributed by atoms with Gasteiger partial charge in [-0.2, -0.15) is 0 Å². The van der Waals surface area contributed by atoms with E-state index in [1.807, 2.05) is 6.92 Å². The zero-order valence-electron chi connectivity index (χ0n) is 10.3. The monoisotopic (exact) mass is 250 g/mol. The maximum absolute atomic E-state index is 11.6. The molecule has 98 valence electrons. The van der Waals surface area contributed by atoms with Gasteiger partial charge in [0.15, 0.2) is 0 Å². The molecule has 1 aromatic carbocycles. The first-order valence-corrected chi connectivity index (χ1v) is 5.82. The van der Waals surface area contributed by atoms with Gasteiger partial charge in [0.2, 0.25) is 5.91 Å². The van der Waals surface area contributed by atoms with Crippen molar-refractivity contribution in [1.82, 2.24) is 0 Å². The van der Waals surface area contributed by atoms with Crippen LogP contribution in [0.25, 0.3) is 0 Å². The molecule has 0 saturated carbocycles. The Morgan fingerprint density at radius 2 is 1.94 bits per heavy atom. The summed E-state index contributed by atoms with van der Waals surface area (Å²) in [5.41, 5.74) is 6.81. The molecule has 0 aliphatic heterocycles. The van der Waals surface area contributed by atoms with E-state index in [-0.39, 0.29) is 18.2 Å². The summed E-state index contributed by atoms with van der Waals surface area (Å²) >= 11 is 0.